The van der Waals surface area contributed by atoms with Gasteiger partial charge in [-0.3, -0.25) is 0 Å². The van der Waals surface area contributed by atoms with Crippen LogP contribution >= 0.6 is 0 Å². The molecule has 14 aromatic carbocycles. The van der Waals surface area contributed by atoms with Gasteiger partial charge in [-0.1, -0.05) is 182 Å². The Morgan fingerprint density at radius 3 is 1.18 bits per heavy atom. The van der Waals surface area contributed by atoms with Crippen molar-refractivity contribution in [1.82, 2.24) is 31.2 Å². The first-order chi connectivity index (χ1) is 71.5. The fourth-order valence-corrected chi connectivity index (χ4v) is 19.7. The first kappa shape index (κ1) is 108. The van der Waals surface area contributed by atoms with Gasteiger partial charge in [0.05, 0.1) is 34.8 Å². The minimum atomic E-state index is -1.55. The van der Waals surface area contributed by atoms with Crippen molar-refractivity contribution < 1.29 is 82.5 Å². The average Bonchev–Trinajstić information content (AvgIpc) is 0.720. The molecule has 0 aliphatic rings. The first-order valence-electron chi connectivity index (χ1n) is 49.8. The van der Waals surface area contributed by atoms with E-state index in [0.29, 0.717) is 72.0 Å². The normalized spacial score (nSPS) is 11.6. The number of anilines is 2. The molecule has 15 N–H and O–H groups in total. The van der Waals surface area contributed by atoms with Gasteiger partial charge in [0.1, 0.15) is 11.3 Å². The number of benzene rings is 14. The van der Waals surface area contributed by atoms with Crippen LogP contribution in [0.2, 0.25) is 0 Å². The Kier molecular flexibility index (Phi) is 36.8. The number of ether oxygens (including phenoxy) is 1. The number of pyridine rings is 4. The number of nitrogens with zero attached hydrogens (tertiary/aromatic N) is 7. The first-order valence-corrected chi connectivity index (χ1v) is 49.8. The van der Waals surface area contributed by atoms with E-state index in [1.807, 2.05) is 174 Å². The number of para-hydroxylation sites is 1. The van der Waals surface area contributed by atoms with E-state index >= 15 is 0 Å². The molecule has 0 aliphatic carbocycles. The van der Waals surface area contributed by atoms with Crippen LogP contribution in [0.4, 0.5) is 11.4 Å². The third-order valence-corrected chi connectivity index (χ3v) is 26.8. The highest BCUT2D eigenvalue weighted by Crippen LogP contribution is 2.33. The van der Waals surface area contributed by atoms with Crippen molar-refractivity contribution >= 4 is 172 Å². The van der Waals surface area contributed by atoms with Gasteiger partial charge in [0.25, 0.3) is 0 Å². The molecular formula is C117H131B5N12O14+4. The van der Waals surface area contributed by atoms with E-state index < -0.39 is 35.6 Å². The Labute approximate surface area is 865 Å². The second-order valence-corrected chi connectivity index (χ2v) is 38.1. The van der Waals surface area contributed by atoms with E-state index in [4.69, 9.17) is 14.0 Å². The third kappa shape index (κ3) is 25.6. The second kappa shape index (κ2) is 50.2. The van der Waals surface area contributed by atoms with Crippen LogP contribution in [-0.2, 0) is 74.9 Å². The molecule has 0 fully saturated rings. The zero-order chi connectivity index (χ0) is 105. The molecule has 0 amide bonds. The van der Waals surface area contributed by atoms with E-state index in [1.54, 1.807) is 55.7 Å². The van der Waals surface area contributed by atoms with Gasteiger partial charge in [-0.15, -0.1) is 0 Å². The molecule has 26 nitrogen and oxygen atoms in total. The minimum Gasteiger partial charge on any atom is -0.423 e. The Bertz CT molecular complexity index is 7980. The summed E-state index contributed by atoms with van der Waals surface area (Å²) >= 11 is 0. The lowest BCUT2D eigenvalue weighted by atomic mass is 9.75. The van der Waals surface area contributed by atoms with Crippen LogP contribution in [0.3, 0.4) is 0 Å². The Morgan fingerprint density at radius 1 is 0.365 bits per heavy atom. The number of aryl methyl sites for hydroxylation is 1. The van der Waals surface area contributed by atoms with E-state index in [9.17, 15) is 55.0 Å². The van der Waals surface area contributed by atoms with Crippen molar-refractivity contribution in [2.45, 2.75) is 105 Å². The maximum atomic E-state index is 11.6. The number of nitrogens with one attached hydrogen (secondary N) is 5. The molecule has 0 radical (unpaired) electrons. The van der Waals surface area contributed by atoms with Crippen molar-refractivity contribution in [2.24, 2.45) is 0 Å². The quantitative estimate of drug-likeness (QED) is 0.00613. The number of methoxy groups -OCH3 is 1. The maximum absolute atomic E-state index is 11.6. The molecule has 31 heteroatoms. The summed E-state index contributed by atoms with van der Waals surface area (Å²) in [6.07, 6.45) is 9.10. The Balaban J connectivity index is 0.000000139. The van der Waals surface area contributed by atoms with Crippen LogP contribution in [0.15, 0.2) is 325 Å². The molecule has 0 spiro atoms. The van der Waals surface area contributed by atoms with Crippen molar-refractivity contribution in [2.75, 3.05) is 80.8 Å². The Morgan fingerprint density at radius 2 is 0.743 bits per heavy atom. The number of hydrogen-bond donors (Lipinski definition) is 15. The molecule has 754 valence electrons. The van der Waals surface area contributed by atoms with Gasteiger partial charge >= 0.3 is 41.2 Å². The topological polar surface area (TPSA) is 336 Å². The van der Waals surface area contributed by atoms with Gasteiger partial charge in [-0.2, -0.15) is 23.3 Å². The number of hydrogen-bond acceptors (Lipinski definition) is 22. The lowest BCUT2D eigenvalue weighted by Crippen LogP contribution is -2.40. The highest BCUT2D eigenvalue weighted by atomic mass is 16.7. The van der Waals surface area contributed by atoms with Crippen LogP contribution in [-0.4, -0.2) is 179 Å². The fourth-order valence-electron chi connectivity index (χ4n) is 19.7. The molecule has 5 heterocycles. The van der Waals surface area contributed by atoms with Crippen LogP contribution < -0.4 is 82.7 Å². The summed E-state index contributed by atoms with van der Waals surface area (Å²) in [7, 11) is 11.1. The predicted molar refractivity (Wildman–Crippen MR) is 601 cm³/mol. The summed E-state index contributed by atoms with van der Waals surface area (Å²) in [5.74, 6) is 0. The number of hydroxylamine groups is 2. The molecular weight excluding hydrogens is 1850 g/mol. The zero-order valence-corrected chi connectivity index (χ0v) is 86.4. The van der Waals surface area contributed by atoms with Gasteiger partial charge in [-0.05, 0) is 197 Å². The minimum absolute atomic E-state index is 0.0619. The van der Waals surface area contributed by atoms with Crippen molar-refractivity contribution in [3.8, 4) is 11.4 Å². The van der Waals surface area contributed by atoms with Crippen LogP contribution in [0.25, 0.3) is 109 Å². The van der Waals surface area contributed by atoms with Gasteiger partial charge < -0.3 is 101 Å². The highest BCUT2D eigenvalue weighted by molar-refractivity contribution is 6.61. The standard InChI is InChI=1S/C25H29BN3O3.C25H29BN3O2.C25H28BN2O3.C24H27BN3O2.C18H18BNO4/c1-27-14-18-11-12-25-22(13-18)21-9-5-4-7-19(21)15-29(25)16-20-8-6-10-24(26(30)31)23(20)17-28(2)32-3;1-27-14-18-11-12-25-22(13-18)21-9-5-4-7-19(21)15-29(25)16-20-8-6-10-24(26(30)31)23(20)17-28(2)3;1-17(31-3)13-22-23(26(29)30)9-6-10-24(22)28-16-19-7-4-5-8-20(19)21-14-18(15-27-2)11-12-25(21)28;1-16(2)27-24-21(25(29)30)9-6-10-23(24)28-15-18-7-4-5-8-19(18)20-13-17(14-26-3)11-12-22(20)28;1-12-9-18(21)24-17-10-14(7-8-15(12)17)20(2)11-13-5-3-4-6-16(13)19(22)23/h4-13,15,27,30-31H,14,16-17H2,1-3H3;4-13,15,27,30-31H,14,16-17H2,1-3H3;4-12,14,16-17,27,29-30H,13,15H2,1-3H3;4-13,15-16,26-27,29-30H,14H2,1-3H3;3-10,22-23H,11H2,1-2H3/q4*+1;. The smallest absolute Gasteiger partial charge is 0.423 e. The lowest BCUT2D eigenvalue weighted by Gasteiger charge is -2.21. The van der Waals surface area contributed by atoms with Crippen molar-refractivity contribution in [1.29, 1.82) is 0 Å². The molecule has 0 saturated heterocycles. The maximum Gasteiger partial charge on any atom is 0.490 e. The molecule has 1 unspecified atom stereocenters. The van der Waals surface area contributed by atoms with E-state index in [-0.39, 0.29) is 17.8 Å². The summed E-state index contributed by atoms with van der Waals surface area (Å²) in [6, 6.07) is 96.9. The van der Waals surface area contributed by atoms with Crippen LogP contribution in [0.1, 0.15) is 82.0 Å². The summed E-state index contributed by atoms with van der Waals surface area (Å²) in [5, 5.41) is 132. The molecule has 148 heavy (non-hydrogen) atoms. The molecule has 19 aromatic rings. The second-order valence-electron chi connectivity index (χ2n) is 38.1. The monoisotopic (exact) mass is 1980 g/mol. The number of rotatable bonds is 32. The van der Waals surface area contributed by atoms with Crippen LogP contribution in [0.5, 0.6) is 0 Å². The SMILES string of the molecule is CNCc1ccc2c(c1)c1ccccc1c[n+]2-c1cccc(B(O)O)c1CC(C)OC.CNCc1ccc2c(c1)c1ccccc1c[n+]2-c1cccc(B(O)O)c1NC(C)C.CNCc1ccc2c(c1)c1ccccc1c[n+]2Cc1cccc(B(O)O)c1CN(C)C.CNCc1ccc2c(c1)c1ccccc1c[n+]2Cc1cccc(B(O)O)c1CN(C)OC.Cc1cc(=O)oc2cc(N(C)Cc3ccccc3B(O)O)ccc12. The van der Waals surface area contributed by atoms with Crippen molar-refractivity contribution in [3.63, 3.8) is 0 Å². The van der Waals surface area contributed by atoms with Crippen LogP contribution in [0, 0.1) is 6.92 Å². The van der Waals surface area contributed by atoms with Gasteiger partial charge in [-0.25, -0.2) is 4.79 Å². The summed E-state index contributed by atoms with van der Waals surface area (Å²) < 4.78 is 19.6. The predicted octanol–water partition coefficient (Wildman–Crippen LogP) is 9.66. The molecule has 0 bridgehead atoms. The van der Waals surface area contributed by atoms with Crippen molar-refractivity contribution in [3.05, 3.63) is 388 Å². The molecule has 5 aromatic heterocycles. The fraction of sp³-hybridized carbons (Fsp3) is 0.222. The number of fused-ring (bicyclic) bond motifs is 13. The molecule has 19 rings (SSSR count). The highest BCUT2D eigenvalue weighted by Gasteiger charge is 2.32. The zero-order valence-electron chi connectivity index (χ0n) is 86.4. The largest absolute Gasteiger partial charge is 0.490 e. The molecule has 1 atom stereocenters. The van der Waals surface area contributed by atoms with E-state index in [2.05, 4.69) is 238 Å². The average molecular weight is 1980 g/mol. The van der Waals surface area contributed by atoms with Gasteiger partial charge in [0.15, 0.2) is 37.9 Å². The van der Waals surface area contributed by atoms with Gasteiger partial charge in [0, 0.05) is 204 Å². The van der Waals surface area contributed by atoms with E-state index in [0.717, 1.165) is 142 Å². The van der Waals surface area contributed by atoms with E-state index in [1.165, 1.54) is 66.0 Å². The summed E-state index contributed by atoms with van der Waals surface area (Å²) in [6.45, 7) is 14.0. The summed E-state index contributed by atoms with van der Waals surface area (Å²) in [4.78, 5) is 20.9. The van der Waals surface area contributed by atoms with Gasteiger partial charge in [0.2, 0.25) is 33.4 Å². The summed E-state index contributed by atoms with van der Waals surface area (Å²) in [5.41, 5.74) is 21.9. The molecule has 0 aliphatic heterocycles. The lowest BCUT2D eigenvalue weighted by molar-refractivity contribution is -0.661. The Hall–Kier alpha value is -13.8. The third-order valence-electron chi connectivity index (χ3n) is 26.8. The molecule has 0 saturated carbocycles. The number of aromatic nitrogens is 4.